The molecule has 1 aromatic rings. The van der Waals surface area contributed by atoms with Gasteiger partial charge in [-0.3, -0.25) is 9.79 Å². The molecule has 1 aliphatic carbocycles. The van der Waals surface area contributed by atoms with E-state index < -0.39 is 0 Å². The Morgan fingerprint density at radius 2 is 2.14 bits per heavy atom. The van der Waals surface area contributed by atoms with Gasteiger partial charge < -0.3 is 20.0 Å². The summed E-state index contributed by atoms with van der Waals surface area (Å²) >= 11 is 0. The molecule has 158 valence electrons. The van der Waals surface area contributed by atoms with Crippen LogP contribution in [-0.2, 0) is 11.2 Å². The molecule has 1 aliphatic heterocycles. The third-order valence-electron chi connectivity index (χ3n) is 5.75. The van der Waals surface area contributed by atoms with E-state index in [9.17, 15) is 4.79 Å². The Labute approximate surface area is 185 Å². The molecule has 2 atom stereocenters. The summed E-state index contributed by atoms with van der Waals surface area (Å²) in [5.74, 6) is 2.43. The molecular weight excluding hydrogens is 467 g/mol. The van der Waals surface area contributed by atoms with E-state index in [1.54, 1.807) is 6.26 Å². The van der Waals surface area contributed by atoms with Crippen LogP contribution in [-0.4, -0.2) is 48.5 Å². The summed E-state index contributed by atoms with van der Waals surface area (Å²) in [6.45, 7) is 6.64. The van der Waals surface area contributed by atoms with E-state index in [1.165, 1.54) is 12.8 Å². The highest BCUT2D eigenvalue weighted by Gasteiger charge is 2.32. The second kappa shape index (κ2) is 11.7. The SMILES string of the molecule is CCC(C)NC(=NCCc1ccco1)NC1CCN(C(=O)C2CCCC2)C1.I. The van der Waals surface area contributed by atoms with Crippen LogP contribution in [0.4, 0.5) is 0 Å². The molecule has 28 heavy (non-hydrogen) atoms. The largest absolute Gasteiger partial charge is 0.469 e. The van der Waals surface area contributed by atoms with E-state index in [-0.39, 0.29) is 35.9 Å². The minimum Gasteiger partial charge on any atom is -0.469 e. The van der Waals surface area contributed by atoms with E-state index in [1.807, 2.05) is 12.1 Å². The first-order valence-electron chi connectivity index (χ1n) is 10.5. The first-order valence-corrected chi connectivity index (χ1v) is 10.5. The molecule has 6 nitrogen and oxygen atoms in total. The molecule has 2 aliphatic rings. The maximum atomic E-state index is 12.6. The Bertz CT molecular complexity index is 614. The zero-order valence-corrected chi connectivity index (χ0v) is 19.5. The number of furan rings is 1. The highest BCUT2D eigenvalue weighted by Crippen LogP contribution is 2.27. The number of rotatable bonds is 7. The first-order chi connectivity index (χ1) is 13.2. The van der Waals surface area contributed by atoms with Crippen LogP contribution in [0.15, 0.2) is 27.8 Å². The fraction of sp³-hybridized carbons (Fsp3) is 0.714. The topological polar surface area (TPSA) is 69.9 Å². The van der Waals surface area contributed by atoms with Crippen LogP contribution in [0.25, 0.3) is 0 Å². The van der Waals surface area contributed by atoms with Crippen molar-refractivity contribution in [3.63, 3.8) is 0 Å². The lowest BCUT2D eigenvalue weighted by molar-refractivity contribution is -0.134. The van der Waals surface area contributed by atoms with Gasteiger partial charge in [-0.05, 0) is 44.7 Å². The molecule has 0 spiro atoms. The predicted octanol–water partition coefficient (Wildman–Crippen LogP) is 3.56. The van der Waals surface area contributed by atoms with Gasteiger partial charge in [-0.1, -0.05) is 19.8 Å². The summed E-state index contributed by atoms with van der Waals surface area (Å²) in [5, 5.41) is 7.03. The van der Waals surface area contributed by atoms with Crippen LogP contribution in [0.1, 0.15) is 58.1 Å². The Morgan fingerprint density at radius 3 is 2.82 bits per heavy atom. The maximum absolute atomic E-state index is 12.6. The number of nitrogens with zero attached hydrogens (tertiary/aromatic N) is 2. The third-order valence-corrected chi connectivity index (χ3v) is 5.75. The molecule has 1 aromatic heterocycles. The molecular formula is C21H35IN4O2. The molecule has 7 heteroatoms. The predicted molar refractivity (Wildman–Crippen MR) is 123 cm³/mol. The number of amides is 1. The lowest BCUT2D eigenvalue weighted by Gasteiger charge is -2.23. The molecule has 2 N–H and O–H groups in total. The average Bonchev–Trinajstić information content (AvgIpc) is 3.43. The van der Waals surface area contributed by atoms with Crippen molar-refractivity contribution in [2.24, 2.45) is 10.9 Å². The maximum Gasteiger partial charge on any atom is 0.225 e. The van der Waals surface area contributed by atoms with Crippen LogP contribution in [0.5, 0.6) is 0 Å². The number of carbonyl (C=O) groups excluding carboxylic acids is 1. The van der Waals surface area contributed by atoms with Crippen molar-refractivity contribution >= 4 is 35.8 Å². The van der Waals surface area contributed by atoms with Crippen LogP contribution < -0.4 is 10.6 Å². The molecule has 0 radical (unpaired) electrons. The first kappa shape index (κ1) is 23.0. The Kier molecular flexibility index (Phi) is 9.61. The summed E-state index contributed by atoms with van der Waals surface area (Å²) in [6.07, 6.45) is 9.06. The molecule has 2 heterocycles. The van der Waals surface area contributed by atoms with E-state index >= 15 is 0 Å². The van der Waals surface area contributed by atoms with Gasteiger partial charge in [-0.2, -0.15) is 0 Å². The minimum atomic E-state index is 0. The zero-order chi connectivity index (χ0) is 19.1. The van der Waals surface area contributed by atoms with Gasteiger partial charge in [0.25, 0.3) is 0 Å². The Balaban J connectivity index is 0.00000280. The Morgan fingerprint density at radius 1 is 1.36 bits per heavy atom. The second-order valence-electron chi connectivity index (χ2n) is 7.91. The molecule has 1 saturated carbocycles. The van der Waals surface area contributed by atoms with E-state index in [0.717, 1.165) is 56.9 Å². The van der Waals surface area contributed by atoms with Crippen molar-refractivity contribution in [1.82, 2.24) is 15.5 Å². The normalized spacial score (nSPS) is 21.4. The van der Waals surface area contributed by atoms with Crippen molar-refractivity contribution in [1.29, 1.82) is 0 Å². The van der Waals surface area contributed by atoms with Crippen molar-refractivity contribution in [2.75, 3.05) is 19.6 Å². The summed E-state index contributed by atoms with van der Waals surface area (Å²) in [4.78, 5) is 19.4. The van der Waals surface area contributed by atoms with Gasteiger partial charge >= 0.3 is 0 Å². The number of likely N-dealkylation sites (tertiary alicyclic amines) is 1. The number of hydrogen-bond donors (Lipinski definition) is 2. The fourth-order valence-electron chi connectivity index (χ4n) is 3.90. The van der Waals surface area contributed by atoms with Crippen LogP contribution in [0.2, 0.25) is 0 Å². The number of nitrogens with one attached hydrogen (secondary N) is 2. The average molecular weight is 502 g/mol. The van der Waals surface area contributed by atoms with Gasteiger partial charge in [0.1, 0.15) is 5.76 Å². The summed E-state index contributed by atoms with van der Waals surface area (Å²) < 4.78 is 5.39. The summed E-state index contributed by atoms with van der Waals surface area (Å²) in [5.41, 5.74) is 0. The van der Waals surface area contributed by atoms with Gasteiger partial charge in [-0.25, -0.2) is 0 Å². The molecule has 0 bridgehead atoms. The molecule has 1 amide bonds. The summed E-state index contributed by atoms with van der Waals surface area (Å²) in [6, 6.07) is 4.52. The third kappa shape index (κ3) is 6.67. The minimum absolute atomic E-state index is 0. The van der Waals surface area contributed by atoms with E-state index in [2.05, 4.69) is 29.4 Å². The van der Waals surface area contributed by atoms with Gasteiger partial charge in [0.05, 0.1) is 6.26 Å². The molecule has 3 rings (SSSR count). The number of carbonyl (C=O) groups is 1. The number of aliphatic imine (C=N–C) groups is 1. The second-order valence-corrected chi connectivity index (χ2v) is 7.91. The van der Waals surface area contributed by atoms with Crippen molar-refractivity contribution in [3.8, 4) is 0 Å². The smallest absolute Gasteiger partial charge is 0.225 e. The van der Waals surface area contributed by atoms with Gasteiger partial charge in [-0.15, -0.1) is 24.0 Å². The lowest BCUT2D eigenvalue weighted by Crippen LogP contribution is -2.48. The van der Waals surface area contributed by atoms with Gasteiger partial charge in [0.15, 0.2) is 5.96 Å². The van der Waals surface area contributed by atoms with E-state index in [0.29, 0.717) is 18.5 Å². The van der Waals surface area contributed by atoms with Crippen molar-refractivity contribution in [2.45, 2.75) is 70.9 Å². The molecule has 2 fully saturated rings. The van der Waals surface area contributed by atoms with Crippen LogP contribution >= 0.6 is 24.0 Å². The Hall–Kier alpha value is -1.25. The van der Waals surface area contributed by atoms with Crippen LogP contribution in [0, 0.1) is 5.92 Å². The van der Waals surface area contributed by atoms with Crippen molar-refractivity contribution in [3.05, 3.63) is 24.2 Å². The van der Waals surface area contributed by atoms with Gasteiger partial charge in [0, 0.05) is 44.1 Å². The standard InChI is InChI=1S/C21H34N4O2.HI/c1-3-16(2)23-21(22-12-10-19-9-6-14-27-19)24-18-11-13-25(15-18)20(26)17-7-4-5-8-17;/h6,9,14,16-18H,3-5,7-8,10-13,15H2,1-2H3,(H2,22,23,24);1H. The van der Waals surface area contributed by atoms with Crippen molar-refractivity contribution < 1.29 is 9.21 Å². The molecule has 0 aromatic carbocycles. The number of guanidine groups is 1. The highest BCUT2D eigenvalue weighted by molar-refractivity contribution is 14.0. The fourth-order valence-corrected chi connectivity index (χ4v) is 3.90. The highest BCUT2D eigenvalue weighted by atomic mass is 127. The van der Waals surface area contributed by atoms with Crippen LogP contribution in [0.3, 0.4) is 0 Å². The summed E-state index contributed by atoms with van der Waals surface area (Å²) in [7, 11) is 0. The number of hydrogen-bond acceptors (Lipinski definition) is 3. The van der Waals surface area contributed by atoms with E-state index in [4.69, 9.17) is 9.41 Å². The lowest BCUT2D eigenvalue weighted by atomic mass is 10.1. The monoisotopic (exact) mass is 502 g/mol. The molecule has 2 unspecified atom stereocenters. The quantitative estimate of drug-likeness (QED) is 0.340. The number of halogens is 1. The van der Waals surface area contributed by atoms with Gasteiger partial charge in [0.2, 0.25) is 5.91 Å². The molecule has 1 saturated heterocycles. The zero-order valence-electron chi connectivity index (χ0n) is 17.2.